The van der Waals surface area contributed by atoms with E-state index in [1.54, 1.807) is 0 Å². The van der Waals surface area contributed by atoms with Crippen molar-refractivity contribution in [3.8, 4) is 0 Å². The van der Waals surface area contributed by atoms with E-state index in [1.165, 1.54) is 0 Å². The zero-order chi connectivity index (χ0) is 15.7. The first-order valence-corrected chi connectivity index (χ1v) is 7.96. The van der Waals surface area contributed by atoms with E-state index in [-0.39, 0.29) is 11.9 Å². The lowest BCUT2D eigenvalue weighted by molar-refractivity contribution is 0.0941. The molecule has 0 radical (unpaired) electrons. The van der Waals surface area contributed by atoms with Gasteiger partial charge in [0.15, 0.2) is 0 Å². The number of hydrogen-bond donors (Lipinski definition) is 1. The van der Waals surface area contributed by atoms with Crippen molar-refractivity contribution in [2.45, 2.75) is 13.0 Å². The Morgan fingerprint density at radius 2 is 1.82 bits per heavy atom. The van der Waals surface area contributed by atoms with Crippen LogP contribution in [0.2, 0.25) is 0 Å². The highest BCUT2D eigenvalue weighted by Gasteiger charge is 2.16. The zero-order valence-electron chi connectivity index (χ0n) is 12.5. The second-order valence-electron chi connectivity index (χ2n) is 5.42. The number of benzene rings is 2. The molecule has 0 bridgehead atoms. The summed E-state index contributed by atoms with van der Waals surface area (Å²) in [5.41, 5.74) is 2.85. The van der Waals surface area contributed by atoms with Gasteiger partial charge in [0.25, 0.3) is 5.91 Å². The van der Waals surface area contributed by atoms with E-state index in [0.717, 1.165) is 20.9 Å². The molecule has 3 nitrogen and oxygen atoms in total. The van der Waals surface area contributed by atoms with Gasteiger partial charge in [-0.15, -0.1) is 0 Å². The van der Waals surface area contributed by atoms with E-state index >= 15 is 0 Å². The summed E-state index contributed by atoms with van der Waals surface area (Å²) < 4.78 is 3.01. The minimum atomic E-state index is -0.0489. The van der Waals surface area contributed by atoms with Gasteiger partial charge in [0.2, 0.25) is 0 Å². The molecule has 0 aliphatic rings. The molecule has 0 spiro atoms. The Hall–Kier alpha value is -2.07. The maximum atomic E-state index is 12.6. The maximum absolute atomic E-state index is 12.6. The number of hydrogen-bond acceptors (Lipinski definition) is 1. The number of aryl methyl sites for hydroxylation is 1. The van der Waals surface area contributed by atoms with Gasteiger partial charge in [0.05, 0.1) is 11.6 Å². The number of rotatable bonds is 3. The van der Waals surface area contributed by atoms with E-state index in [0.29, 0.717) is 5.56 Å². The quantitative estimate of drug-likeness (QED) is 0.739. The molecule has 0 aliphatic carbocycles. The fraction of sp³-hybridized carbons (Fsp3) is 0.167. The average molecular weight is 357 g/mol. The van der Waals surface area contributed by atoms with Gasteiger partial charge in [-0.05, 0) is 30.7 Å². The molecule has 1 heterocycles. The molecule has 0 saturated heterocycles. The molecular formula is C18H17BrN2O. The van der Waals surface area contributed by atoms with Gasteiger partial charge in [0, 0.05) is 28.6 Å². The summed E-state index contributed by atoms with van der Waals surface area (Å²) in [7, 11) is 1.96. The monoisotopic (exact) mass is 356 g/mol. The van der Waals surface area contributed by atoms with E-state index in [4.69, 9.17) is 0 Å². The summed E-state index contributed by atoms with van der Waals surface area (Å²) in [5, 5.41) is 4.05. The molecule has 1 aromatic heterocycles. The second kappa shape index (κ2) is 5.97. The van der Waals surface area contributed by atoms with Gasteiger partial charge in [-0.2, -0.15) is 0 Å². The lowest BCUT2D eigenvalue weighted by Gasteiger charge is -2.14. The van der Waals surface area contributed by atoms with Gasteiger partial charge < -0.3 is 9.88 Å². The lowest BCUT2D eigenvalue weighted by Crippen LogP contribution is -2.26. The lowest BCUT2D eigenvalue weighted by atomic mass is 10.1. The first-order chi connectivity index (χ1) is 10.6. The molecule has 0 saturated carbocycles. The summed E-state index contributed by atoms with van der Waals surface area (Å²) in [6.45, 7) is 1.99. The molecule has 3 aromatic rings. The number of carbonyl (C=O) groups excluding carboxylic acids is 1. The minimum absolute atomic E-state index is 0.0421. The van der Waals surface area contributed by atoms with Crippen molar-refractivity contribution in [1.82, 2.24) is 9.88 Å². The van der Waals surface area contributed by atoms with Crippen molar-refractivity contribution in [1.29, 1.82) is 0 Å². The zero-order valence-corrected chi connectivity index (χ0v) is 14.1. The van der Waals surface area contributed by atoms with Crippen LogP contribution in [0.1, 0.15) is 28.9 Å². The Labute approximate surface area is 138 Å². The van der Waals surface area contributed by atoms with Crippen LogP contribution in [-0.2, 0) is 7.05 Å². The second-order valence-corrected chi connectivity index (χ2v) is 6.33. The third-order valence-corrected chi connectivity index (χ3v) is 4.39. The van der Waals surface area contributed by atoms with Crippen LogP contribution in [0.25, 0.3) is 10.9 Å². The molecule has 0 unspecified atom stereocenters. The van der Waals surface area contributed by atoms with Crippen LogP contribution in [0, 0.1) is 0 Å². The molecule has 4 heteroatoms. The summed E-state index contributed by atoms with van der Waals surface area (Å²) >= 11 is 3.42. The van der Waals surface area contributed by atoms with Gasteiger partial charge in [0.1, 0.15) is 0 Å². The van der Waals surface area contributed by atoms with Crippen LogP contribution in [0.4, 0.5) is 0 Å². The molecule has 22 heavy (non-hydrogen) atoms. The van der Waals surface area contributed by atoms with Crippen LogP contribution >= 0.6 is 15.9 Å². The number of aromatic nitrogens is 1. The number of carbonyl (C=O) groups is 1. The summed E-state index contributed by atoms with van der Waals surface area (Å²) in [6.07, 6.45) is 1.88. The van der Waals surface area contributed by atoms with Crippen LogP contribution < -0.4 is 5.32 Å². The molecule has 112 valence electrons. The minimum Gasteiger partial charge on any atom is -0.350 e. The topological polar surface area (TPSA) is 34.0 Å². The number of halogens is 1. The molecule has 0 fully saturated rings. The number of amides is 1. The van der Waals surface area contributed by atoms with E-state index in [9.17, 15) is 4.79 Å². The summed E-state index contributed by atoms with van der Waals surface area (Å²) in [6, 6.07) is 15.9. The van der Waals surface area contributed by atoms with Crippen molar-refractivity contribution in [3.05, 3.63) is 70.3 Å². The Morgan fingerprint density at radius 3 is 2.55 bits per heavy atom. The van der Waals surface area contributed by atoms with Crippen molar-refractivity contribution >= 4 is 32.7 Å². The average Bonchev–Trinajstić information content (AvgIpc) is 2.86. The maximum Gasteiger partial charge on any atom is 0.253 e. The highest BCUT2D eigenvalue weighted by atomic mass is 79.9. The SMILES string of the molecule is C[C@H](NC(=O)c1cn(C)c2ccccc12)c1ccc(Br)cc1. The Morgan fingerprint density at radius 1 is 1.14 bits per heavy atom. The third kappa shape index (κ3) is 2.79. The molecule has 3 rings (SSSR count). The first-order valence-electron chi connectivity index (χ1n) is 7.16. The molecule has 1 amide bonds. The van der Waals surface area contributed by atoms with Gasteiger partial charge in [-0.3, -0.25) is 4.79 Å². The highest BCUT2D eigenvalue weighted by Crippen LogP contribution is 2.22. The van der Waals surface area contributed by atoms with Crippen LogP contribution in [0.3, 0.4) is 0 Å². The summed E-state index contributed by atoms with van der Waals surface area (Å²) in [4.78, 5) is 12.6. The standard InChI is InChI=1S/C18H17BrN2O/c1-12(13-7-9-14(19)10-8-13)20-18(22)16-11-21(2)17-6-4-3-5-15(16)17/h3-12H,1-2H3,(H,20,22)/t12-/m0/s1. The Balaban J connectivity index is 1.85. The van der Waals surface area contributed by atoms with Crippen molar-refractivity contribution < 1.29 is 4.79 Å². The molecule has 1 atom stereocenters. The van der Waals surface area contributed by atoms with E-state index in [2.05, 4.69) is 21.2 Å². The van der Waals surface area contributed by atoms with Crippen LogP contribution in [0.15, 0.2) is 59.2 Å². The number of nitrogens with zero attached hydrogens (tertiary/aromatic N) is 1. The van der Waals surface area contributed by atoms with E-state index < -0.39 is 0 Å². The molecule has 1 N–H and O–H groups in total. The van der Waals surface area contributed by atoms with Gasteiger partial charge in [-0.25, -0.2) is 0 Å². The first kappa shape index (κ1) is 14.9. The van der Waals surface area contributed by atoms with Crippen LogP contribution in [-0.4, -0.2) is 10.5 Å². The molecule has 2 aromatic carbocycles. The van der Waals surface area contributed by atoms with Gasteiger partial charge in [-0.1, -0.05) is 46.3 Å². The number of fused-ring (bicyclic) bond motifs is 1. The third-order valence-electron chi connectivity index (χ3n) is 3.86. The van der Waals surface area contributed by atoms with Gasteiger partial charge >= 0.3 is 0 Å². The number of nitrogens with one attached hydrogen (secondary N) is 1. The molecular weight excluding hydrogens is 340 g/mol. The van der Waals surface area contributed by atoms with Crippen molar-refractivity contribution in [3.63, 3.8) is 0 Å². The van der Waals surface area contributed by atoms with Crippen molar-refractivity contribution in [2.75, 3.05) is 0 Å². The Bertz CT molecular complexity index is 821. The van der Waals surface area contributed by atoms with Crippen molar-refractivity contribution in [2.24, 2.45) is 7.05 Å². The number of para-hydroxylation sites is 1. The highest BCUT2D eigenvalue weighted by molar-refractivity contribution is 9.10. The fourth-order valence-electron chi connectivity index (χ4n) is 2.63. The van der Waals surface area contributed by atoms with Crippen LogP contribution in [0.5, 0.6) is 0 Å². The predicted octanol–water partition coefficient (Wildman–Crippen LogP) is 4.43. The predicted molar refractivity (Wildman–Crippen MR) is 92.9 cm³/mol. The largest absolute Gasteiger partial charge is 0.350 e. The normalized spacial score (nSPS) is 12.3. The van der Waals surface area contributed by atoms with E-state index in [1.807, 2.05) is 73.3 Å². The smallest absolute Gasteiger partial charge is 0.253 e. The Kier molecular flexibility index (Phi) is 4.03. The fourth-order valence-corrected chi connectivity index (χ4v) is 2.90. The molecule has 0 aliphatic heterocycles. The summed E-state index contributed by atoms with van der Waals surface area (Å²) in [5.74, 6) is -0.0489.